The van der Waals surface area contributed by atoms with E-state index in [2.05, 4.69) is 31.6 Å². The van der Waals surface area contributed by atoms with Crippen molar-refractivity contribution in [3.63, 3.8) is 0 Å². The van der Waals surface area contributed by atoms with Crippen molar-refractivity contribution in [2.75, 3.05) is 0 Å². The standard InChI is InChI=1S/C32H23F3O6/c1-6-29(36)39-24-15-11-22(12-16-24)26-18-27(32(33,34)35)23(17-28(26)41-31(38)20(4)5)10-7-21-8-13-25(14-9-21)40-30(37)19(2)3/h6,8-9,11-18H,1-2,4H2,3,5H3. The number of hydrogen-bond acceptors (Lipinski definition) is 6. The fourth-order valence-corrected chi connectivity index (χ4v) is 3.22. The minimum atomic E-state index is -4.81. The second-order valence-corrected chi connectivity index (χ2v) is 8.66. The number of ether oxygens (including phenoxy) is 3. The van der Waals surface area contributed by atoms with Crippen molar-refractivity contribution >= 4 is 17.9 Å². The lowest BCUT2D eigenvalue weighted by Gasteiger charge is -2.16. The van der Waals surface area contributed by atoms with E-state index in [-0.39, 0.29) is 39.5 Å². The molecule has 0 atom stereocenters. The highest BCUT2D eigenvalue weighted by Crippen LogP contribution is 2.40. The van der Waals surface area contributed by atoms with E-state index in [4.69, 9.17) is 14.2 Å². The maximum absolute atomic E-state index is 14.2. The summed E-state index contributed by atoms with van der Waals surface area (Å²) in [4.78, 5) is 35.5. The van der Waals surface area contributed by atoms with Crippen molar-refractivity contribution in [2.24, 2.45) is 0 Å². The molecule has 0 amide bonds. The molecule has 0 unspecified atom stereocenters. The largest absolute Gasteiger partial charge is 0.423 e. The smallest absolute Gasteiger partial charge is 0.417 e. The highest BCUT2D eigenvalue weighted by Gasteiger charge is 2.35. The molecule has 3 aromatic rings. The number of esters is 3. The SMILES string of the molecule is C=CC(=O)Oc1ccc(-c2cc(C(F)(F)F)c(C#Cc3ccc(OC(=O)C(=C)C)cc3)cc2OC(=O)C(=C)C)cc1. The number of hydrogen-bond donors (Lipinski definition) is 0. The first-order valence-electron chi connectivity index (χ1n) is 11.9. The van der Waals surface area contributed by atoms with Gasteiger partial charge in [-0.3, -0.25) is 0 Å². The molecule has 0 N–H and O–H groups in total. The molecule has 0 aliphatic rings. The minimum Gasteiger partial charge on any atom is -0.423 e. The zero-order valence-corrected chi connectivity index (χ0v) is 22.1. The molecule has 9 heteroatoms. The van der Waals surface area contributed by atoms with E-state index in [1.165, 1.54) is 62.4 Å². The zero-order valence-electron chi connectivity index (χ0n) is 22.1. The molecule has 208 valence electrons. The normalized spacial score (nSPS) is 10.5. The van der Waals surface area contributed by atoms with Crippen molar-refractivity contribution in [1.82, 2.24) is 0 Å². The predicted octanol–water partition coefficient (Wildman–Crippen LogP) is 6.83. The van der Waals surface area contributed by atoms with E-state index in [9.17, 15) is 27.6 Å². The molecule has 0 bridgehead atoms. The third-order valence-electron chi connectivity index (χ3n) is 5.28. The molecule has 6 nitrogen and oxygen atoms in total. The molecule has 0 fully saturated rings. The van der Waals surface area contributed by atoms with Gasteiger partial charge in [-0.1, -0.05) is 43.7 Å². The molecule has 0 aliphatic carbocycles. The molecule has 41 heavy (non-hydrogen) atoms. The molecule has 0 aromatic heterocycles. The Hall–Kier alpha value is -5.36. The van der Waals surface area contributed by atoms with E-state index in [1.54, 1.807) is 0 Å². The van der Waals surface area contributed by atoms with Crippen molar-refractivity contribution < 1.29 is 41.8 Å². The minimum absolute atomic E-state index is 0.0302. The van der Waals surface area contributed by atoms with Crippen LogP contribution < -0.4 is 14.2 Å². The van der Waals surface area contributed by atoms with Crippen molar-refractivity contribution in [2.45, 2.75) is 20.0 Å². The lowest BCUT2D eigenvalue weighted by molar-refractivity contribution is -0.137. The van der Waals surface area contributed by atoms with E-state index in [1.807, 2.05) is 0 Å². The van der Waals surface area contributed by atoms with Crippen molar-refractivity contribution in [1.29, 1.82) is 0 Å². The Labute approximate surface area is 234 Å². The van der Waals surface area contributed by atoms with Gasteiger partial charge in [0.05, 0.1) is 5.56 Å². The Bertz CT molecular complexity index is 1600. The summed E-state index contributed by atoms with van der Waals surface area (Å²) in [6.07, 6.45) is -3.85. The summed E-state index contributed by atoms with van der Waals surface area (Å²) in [6, 6.07) is 13.2. The number of carbonyl (C=O) groups excluding carboxylic acids is 3. The topological polar surface area (TPSA) is 78.9 Å². The molecular weight excluding hydrogens is 537 g/mol. The fraction of sp³-hybridized carbons (Fsp3) is 0.0938. The lowest BCUT2D eigenvalue weighted by atomic mass is 9.97. The number of halogens is 3. The summed E-state index contributed by atoms with van der Waals surface area (Å²) in [7, 11) is 0. The van der Waals surface area contributed by atoms with Crippen molar-refractivity contribution in [3.05, 3.63) is 114 Å². The van der Waals surface area contributed by atoms with Crippen LogP contribution in [0.1, 0.15) is 30.5 Å². The van der Waals surface area contributed by atoms with Gasteiger partial charge in [-0.25, -0.2) is 14.4 Å². The van der Waals surface area contributed by atoms with Gasteiger partial charge >= 0.3 is 24.1 Å². The molecule has 0 heterocycles. The van der Waals surface area contributed by atoms with Gasteiger partial charge in [0.1, 0.15) is 17.2 Å². The van der Waals surface area contributed by atoms with E-state index in [0.717, 1.165) is 18.2 Å². The van der Waals surface area contributed by atoms with Crippen LogP contribution in [0.2, 0.25) is 0 Å². The van der Waals surface area contributed by atoms with Gasteiger partial charge in [-0.2, -0.15) is 13.2 Å². The zero-order chi connectivity index (χ0) is 30.3. The van der Waals surface area contributed by atoms with Gasteiger partial charge in [0, 0.05) is 33.9 Å². The van der Waals surface area contributed by atoms with Crippen LogP contribution in [0.5, 0.6) is 17.2 Å². The monoisotopic (exact) mass is 560 g/mol. The van der Waals surface area contributed by atoms with Crippen LogP contribution in [0.15, 0.2) is 97.6 Å². The van der Waals surface area contributed by atoms with Crippen LogP contribution >= 0.6 is 0 Å². The van der Waals surface area contributed by atoms with E-state index in [0.29, 0.717) is 5.56 Å². The van der Waals surface area contributed by atoms with E-state index >= 15 is 0 Å². The molecular formula is C32H23F3O6. The highest BCUT2D eigenvalue weighted by atomic mass is 19.4. The van der Waals surface area contributed by atoms with Gasteiger partial charge in [0.15, 0.2) is 0 Å². The Kier molecular flexibility index (Phi) is 9.32. The van der Waals surface area contributed by atoms with Crippen LogP contribution in [-0.2, 0) is 20.6 Å². The summed E-state index contributed by atoms with van der Waals surface area (Å²) >= 11 is 0. The molecule has 0 spiro atoms. The van der Waals surface area contributed by atoms with Gasteiger partial charge in [0.25, 0.3) is 0 Å². The Morgan fingerprint density at radius 2 is 1.32 bits per heavy atom. The third-order valence-corrected chi connectivity index (χ3v) is 5.28. The molecule has 3 aromatic carbocycles. The van der Waals surface area contributed by atoms with Crippen LogP contribution in [0.4, 0.5) is 13.2 Å². The van der Waals surface area contributed by atoms with Gasteiger partial charge in [-0.05, 0) is 67.9 Å². The Balaban J connectivity index is 2.09. The first kappa shape index (κ1) is 30.2. The van der Waals surface area contributed by atoms with Crippen LogP contribution in [-0.4, -0.2) is 17.9 Å². The molecule has 0 saturated heterocycles. The molecule has 3 rings (SSSR count). The maximum atomic E-state index is 14.2. The number of rotatable bonds is 7. The quantitative estimate of drug-likeness (QED) is 0.137. The Morgan fingerprint density at radius 1 is 0.780 bits per heavy atom. The number of carbonyl (C=O) groups is 3. The van der Waals surface area contributed by atoms with E-state index < -0.39 is 35.2 Å². The number of benzene rings is 3. The summed E-state index contributed by atoms with van der Waals surface area (Å²) in [5.74, 6) is 3.13. The van der Waals surface area contributed by atoms with Gasteiger partial charge in [0.2, 0.25) is 0 Å². The third kappa shape index (κ3) is 8.07. The first-order chi connectivity index (χ1) is 19.3. The fourth-order valence-electron chi connectivity index (χ4n) is 3.22. The maximum Gasteiger partial charge on any atom is 0.417 e. The highest BCUT2D eigenvalue weighted by molar-refractivity contribution is 5.91. The van der Waals surface area contributed by atoms with Crippen LogP contribution in [0.3, 0.4) is 0 Å². The Morgan fingerprint density at radius 3 is 1.85 bits per heavy atom. The lowest BCUT2D eigenvalue weighted by Crippen LogP contribution is -2.12. The average molecular weight is 561 g/mol. The molecule has 0 saturated carbocycles. The summed E-state index contributed by atoms with van der Waals surface area (Å²) < 4.78 is 58.0. The van der Waals surface area contributed by atoms with Crippen LogP contribution in [0, 0.1) is 11.8 Å². The second-order valence-electron chi connectivity index (χ2n) is 8.66. The molecule has 0 aliphatic heterocycles. The average Bonchev–Trinajstić information content (AvgIpc) is 2.92. The van der Waals surface area contributed by atoms with Crippen LogP contribution in [0.25, 0.3) is 11.1 Å². The predicted molar refractivity (Wildman–Crippen MR) is 146 cm³/mol. The van der Waals surface area contributed by atoms with Gasteiger partial charge in [-0.15, -0.1) is 0 Å². The first-order valence-corrected chi connectivity index (χ1v) is 11.9. The second kappa shape index (κ2) is 12.7. The summed E-state index contributed by atoms with van der Waals surface area (Å²) in [5.41, 5.74) is -0.748. The number of alkyl halides is 3. The van der Waals surface area contributed by atoms with Gasteiger partial charge < -0.3 is 14.2 Å². The molecule has 0 radical (unpaired) electrons. The summed E-state index contributed by atoms with van der Waals surface area (Å²) in [6.45, 7) is 13.2. The van der Waals surface area contributed by atoms with Crippen molar-refractivity contribution in [3.8, 4) is 40.2 Å². The summed E-state index contributed by atoms with van der Waals surface area (Å²) in [5, 5.41) is 0.